The Hall–Kier alpha value is -3.49. The smallest absolute Gasteiger partial charge is 0.227 e. The lowest BCUT2D eigenvalue weighted by atomic mass is 10.1. The number of benzene rings is 2. The number of halogens is 2. The molecule has 2 aromatic heterocycles. The molecule has 3 N–H and O–H groups in total. The van der Waals surface area contributed by atoms with Gasteiger partial charge in [0.25, 0.3) is 0 Å². The maximum Gasteiger partial charge on any atom is 0.227 e. The Bertz CT molecular complexity index is 1250. The summed E-state index contributed by atoms with van der Waals surface area (Å²) in [7, 11) is 0. The van der Waals surface area contributed by atoms with E-state index in [2.05, 4.69) is 20.6 Å². The molecular weight excluding hydrogens is 443 g/mol. The molecule has 0 saturated carbocycles. The normalized spacial score (nSPS) is 14.4. The molecule has 5 rings (SSSR count). The first-order valence-electron chi connectivity index (χ1n) is 10.7. The second kappa shape index (κ2) is 9.17. The number of anilines is 2. The number of piperidine rings is 1. The summed E-state index contributed by atoms with van der Waals surface area (Å²) in [6.45, 7) is 1.87. The SMILES string of the molecule is Oc1cc(Cl)cc(-c2nn(C3CCNCC3)cc2-c2ccnc(Nc3ccc(F)cc3)n2)c1. The van der Waals surface area contributed by atoms with Crippen LogP contribution in [-0.4, -0.2) is 37.9 Å². The molecule has 0 amide bonds. The van der Waals surface area contributed by atoms with Crippen molar-refractivity contribution >= 4 is 23.2 Å². The molecule has 168 valence electrons. The highest BCUT2D eigenvalue weighted by atomic mass is 35.5. The minimum Gasteiger partial charge on any atom is -0.508 e. The van der Waals surface area contributed by atoms with Crippen LogP contribution in [0.5, 0.6) is 5.75 Å². The zero-order valence-electron chi connectivity index (χ0n) is 17.7. The van der Waals surface area contributed by atoms with Crippen LogP contribution in [0.2, 0.25) is 5.02 Å². The van der Waals surface area contributed by atoms with Gasteiger partial charge in [0.15, 0.2) is 0 Å². The third-order valence-corrected chi connectivity index (χ3v) is 5.82. The highest BCUT2D eigenvalue weighted by Gasteiger charge is 2.21. The molecule has 0 bridgehead atoms. The molecule has 1 saturated heterocycles. The molecule has 4 aromatic rings. The largest absolute Gasteiger partial charge is 0.508 e. The molecule has 3 heterocycles. The number of nitrogens with zero attached hydrogens (tertiary/aromatic N) is 4. The van der Waals surface area contributed by atoms with Crippen molar-refractivity contribution in [3.63, 3.8) is 0 Å². The summed E-state index contributed by atoms with van der Waals surface area (Å²) in [5, 5.41) is 21.9. The van der Waals surface area contributed by atoms with Gasteiger partial charge in [-0.1, -0.05) is 11.6 Å². The van der Waals surface area contributed by atoms with E-state index in [1.807, 2.05) is 16.9 Å². The van der Waals surface area contributed by atoms with Crippen molar-refractivity contribution in [2.24, 2.45) is 0 Å². The van der Waals surface area contributed by atoms with Crippen molar-refractivity contribution in [3.05, 3.63) is 71.8 Å². The van der Waals surface area contributed by atoms with Crippen LogP contribution in [0.4, 0.5) is 16.0 Å². The van der Waals surface area contributed by atoms with E-state index in [4.69, 9.17) is 16.7 Å². The number of phenolic OH excluding ortho intramolecular Hbond substituents is 1. The first kappa shape index (κ1) is 21.4. The highest BCUT2D eigenvalue weighted by Crippen LogP contribution is 2.35. The van der Waals surface area contributed by atoms with Gasteiger partial charge in [0.1, 0.15) is 17.3 Å². The van der Waals surface area contributed by atoms with Gasteiger partial charge in [0, 0.05) is 34.2 Å². The molecule has 7 nitrogen and oxygen atoms in total. The summed E-state index contributed by atoms with van der Waals surface area (Å²) >= 11 is 6.22. The van der Waals surface area contributed by atoms with Gasteiger partial charge in [-0.2, -0.15) is 5.10 Å². The fraction of sp³-hybridized carbons (Fsp3) is 0.208. The second-order valence-electron chi connectivity index (χ2n) is 7.95. The first-order valence-corrected chi connectivity index (χ1v) is 11.1. The Balaban J connectivity index is 1.56. The van der Waals surface area contributed by atoms with E-state index in [1.54, 1.807) is 30.5 Å². The summed E-state index contributed by atoms with van der Waals surface area (Å²) in [6.07, 6.45) is 5.60. The molecule has 1 fully saturated rings. The van der Waals surface area contributed by atoms with E-state index in [-0.39, 0.29) is 17.6 Å². The van der Waals surface area contributed by atoms with Crippen molar-refractivity contribution in [3.8, 4) is 28.3 Å². The summed E-state index contributed by atoms with van der Waals surface area (Å²) in [6, 6.07) is 13.0. The van der Waals surface area contributed by atoms with Crippen molar-refractivity contribution < 1.29 is 9.50 Å². The fourth-order valence-corrected chi connectivity index (χ4v) is 4.22. The minimum atomic E-state index is -0.310. The second-order valence-corrected chi connectivity index (χ2v) is 8.38. The van der Waals surface area contributed by atoms with Crippen LogP contribution in [0.15, 0.2) is 60.9 Å². The Morgan fingerprint density at radius 2 is 1.88 bits per heavy atom. The topological polar surface area (TPSA) is 87.9 Å². The molecule has 0 radical (unpaired) electrons. The molecule has 0 unspecified atom stereocenters. The van der Waals surface area contributed by atoms with Crippen molar-refractivity contribution in [1.29, 1.82) is 0 Å². The van der Waals surface area contributed by atoms with Crippen LogP contribution < -0.4 is 10.6 Å². The van der Waals surface area contributed by atoms with E-state index >= 15 is 0 Å². The number of rotatable bonds is 5. The van der Waals surface area contributed by atoms with Crippen LogP contribution in [0.3, 0.4) is 0 Å². The van der Waals surface area contributed by atoms with Crippen molar-refractivity contribution in [2.75, 3.05) is 18.4 Å². The predicted octanol–water partition coefficient (Wildman–Crippen LogP) is 5.17. The minimum absolute atomic E-state index is 0.0706. The lowest BCUT2D eigenvalue weighted by Crippen LogP contribution is -2.29. The molecule has 2 aromatic carbocycles. The standard InChI is InChI=1S/C24H22ClFN6O/c25-16-11-15(12-20(33)13-16)23-21(14-32(31-23)19-5-8-27-9-6-19)22-7-10-28-24(30-22)29-18-3-1-17(26)2-4-18/h1-4,7,10-14,19,27,33H,5-6,8-9H2,(H,28,29,30). The van der Waals surface area contributed by atoms with Gasteiger partial charge in [-0.05, 0) is 74.5 Å². The molecular formula is C24H22ClFN6O. The average molecular weight is 465 g/mol. The maximum atomic E-state index is 13.2. The Morgan fingerprint density at radius 1 is 1.09 bits per heavy atom. The summed E-state index contributed by atoms with van der Waals surface area (Å²) in [4.78, 5) is 8.97. The number of aromatic hydroxyl groups is 1. The third-order valence-electron chi connectivity index (χ3n) is 5.60. The van der Waals surface area contributed by atoms with Crippen LogP contribution in [0.25, 0.3) is 22.5 Å². The average Bonchev–Trinajstić information content (AvgIpc) is 3.27. The summed E-state index contributed by atoms with van der Waals surface area (Å²) in [5.74, 6) is 0.143. The number of aromatic nitrogens is 4. The summed E-state index contributed by atoms with van der Waals surface area (Å²) < 4.78 is 15.2. The van der Waals surface area contributed by atoms with E-state index in [1.165, 1.54) is 18.2 Å². The predicted molar refractivity (Wildman–Crippen MR) is 126 cm³/mol. The third kappa shape index (κ3) is 4.81. The highest BCUT2D eigenvalue weighted by molar-refractivity contribution is 6.31. The molecule has 1 aliphatic heterocycles. The van der Waals surface area contributed by atoms with Crippen LogP contribution in [0, 0.1) is 5.82 Å². The molecule has 9 heteroatoms. The van der Waals surface area contributed by atoms with Crippen LogP contribution in [0.1, 0.15) is 18.9 Å². The monoisotopic (exact) mass is 464 g/mol. The van der Waals surface area contributed by atoms with Crippen LogP contribution in [-0.2, 0) is 0 Å². The molecule has 1 aliphatic rings. The first-order chi connectivity index (χ1) is 16.0. The van der Waals surface area contributed by atoms with Gasteiger partial charge in [-0.25, -0.2) is 14.4 Å². The van der Waals surface area contributed by atoms with Gasteiger partial charge < -0.3 is 15.7 Å². The lowest BCUT2D eigenvalue weighted by molar-refractivity contribution is 0.344. The Labute approximate surface area is 195 Å². The van der Waals surface area contributed by atoms with Gasteiger partial charge in [0.2, 0.25) is 5.95 Å². The van der Waals surface area contributed by atoms with Gasteiger partial charge in [-0.3, -0.25) is 4.68 Å². The van der Waals surface area contributed by atoms with Gasteiger partial charge in [0.05, 0.1) is 11.7 Å². The fourth-order valence-electron chi connectivity index (χ4n) is 3.99. The zero-order chi connectivity index (χ0) is 22.8. The molecule has 0 atom stereocenters. The number of phenols is 1. The number of hydrogen-bond acceptors (Lipinski definition) is 6. The van der Waals surface area contributed by atoms with Crippen molar-refractivity contribution in [1.82, 2.24) is 25.1 Å². The Morgan fingerprint density at radius 3 is 2.64 bits per heavy atom. The molecule has 33 heavy (non-hydrogen) atoms. The van der Waals surface area contributed by atoms with E-state index in [9.17, 15) is 9.50 Å². The Kier molecular flexibility index (Phi) is 5.93. The molecule has 0 spiro atoms. The van der Waals surface area contributed by atoms with Crippen molar-refractivity contribution in [2.45, 2.75) is 18.9 Å². The quantitative estimate of drug-likeness (QED) is 0.377. The maximum absolute atomic E-state index is 13.2. The lowest BCUT2D eigenvalue weighted by Gasteiger charge is -2.22. The van der Waals surface area contributed by atoms with E-state index in [0.29, 0.717) is 33.6 Å². The number of hydrogen-bond donors (Lipinski definition) is 3. The van der Waals surface area contributed by atoms with Gasteiger partial charge >= 0.3 is 0 Å². The van der Waals surface area contributed by atoms with E-state index < -0.39 is 0 Å². The van der Waals surface area contributed by atoms with Gasteiger partial charge in [-0.15, -0.1) is 0 Å². The zero-order valence-corrected chi connectivity index (χ0v) is 18.4. The molecule has 0 aliphatic carbocycles. The van der Waals surface area contributed by atoms with E-state index in [0.717, 1.165) is 31.5 Å². The summed E-state index contributed by atoms with van der Waals surface area (Å²) in [5.41, 5.74) is 3.54. The number of nitrogens with one attached hydrogen (secondary N) is 2. The van der Waals surface area contributed by atoms with Crippen LogP contribution >= 0.6 is 11.6 Å².